The van der Waals surface area contributed by atoms with E-state index in [2.05, 4.69) is 5.32 Å². The average Bonchev–Trinajstić information content (AvgIpc) is 3.03. The molecule has 1 aromatic rings. The van der Waals surface area contributed by atoms with Gasteiger partial charge in [0.15, 0.2) is 0 Å². The van der Waals surface area contributed by atoms with Gasteiger partial charge in [-0.15, -0.1) is 0 Å². The number of benzene rings is 1. The quantitative estimate of drug-likeness (QED) is 0.736. The first-order valence-corrected chi connectivity index (χ1v) is 12.6. The molecule has 0 unspecified atom stereocenters. The molecule has 2 heterocycles. The van der Waals surface area contributed by atoms with E-state index in [9.17, 15) is 18.0 Å². The van der Waals surface area contributed by atoms with Crippen LogP contribution in [0.1, 0.15) is 56.8 Å². The Morgan fingerprint density at radius 3 is 1.91 bits per heavy atom. The van der Waals surface area contributed by atoms with Crippen molar-refractivity contribution in [3.63, 3.8) is 0 Å². The highest BCUT2D eigenvalue weighted by Gasteiger charge is 2.33. The molecule has 0 aromatic heterocycles. The molecule has 1 N–H and O–H groups in total. The van der Waals surface area contributed by atoms with E-state index < -0.39 is 21.9 Å². The lowest BCUT2D eigenvalue weighted by atomic mass is 10.1. The van der Waals surface area contributed by atoms with Gasteiger partial charge in [-0.25, -0.2) is 4.79 Å². The van der Waals surface area contributed by atoms with Crippen molar-refractivity contribution in [3.8, 4) is 0 Å². The minimum absolute atomic E-state index is 0.152. The summed E-state index contributed by atoms with van der Waals surface area (Å²) < 4.78 is 34.2. The van der Waals surface area contributed by atoms with Crippen LogP contribution in [-0.4, -0.2) is 78.8 Å². The van der Waals surface area contributed by atoms with Crippen LogP contribution in [-0.2, 0) is 14.9 Å². The van der Waals surface area contributed by atoms with Crippen LogP contribution in [0.2, 0.25) is 0 Å². The maximum Gasteiger partial charge on any atom is 0.412 e. The Labute approximate surface area is 190 Å². The van der Waals surface area contributed by atoms with Gasteiger partial charge in [-0.3, -0.25) is 10.1 Å². The van der Waals surface area contributed by atoms with Crippen LogP contribution in [0.15, 0.2) is 24.3 Å². The predicted octanol–water partition coefficient (Wildman–Crippen LogP) is 2.91. The highest BCUT2D eigenvalue weighted by Crippen LogP contribution is 2.19. The number of nitrogens with one attached hydrogen (secondary N) is 1. The summed E-state index contributed by atoms with van der Waals surface area (Å²) in [5.41, 5.74) is 0.427. The van der Waals surface area contributed by atoms with E-state index in [-0.39, 0.29) is 5.91 Å². The smallest absolute Gasteiger partial charge is 0.412 e. The molecule has 0 atom stereocenters. The third kappa shape index (κ3) is 6.43. The van der Waals surface area contributed by atoms with Gasteiger partial charge in [0.2, 0.25) is 0 Å². The van der Waals surface area contributed by atoms with Gasteiger partial charge in [-0.05, 0) is 57.9 Å². The Bertz CT molecular complexity index is 895. The van der Waals surface area contributed by atoms with Crippen molar-refractivity contribution in [1.82, 2.24) is 13.5 Å². The minimum atomic E-state index is -3.48. The molecule has 2 amide bonds. The number of rotatable bonds is 4. The Hall–Kier alpha value is -2.17. The van der Waals surface area contributed by atoms with Crippen LogP contribution in [0, 0.1) is 0 Å². The standard InChI is InChI=1S/C22H34N4O5S/c1-22(2,3)31-21(28)23-19-10-8-18(9-11-19)20(27)24-14-16-26(17-15-24)32(29,30)25-12-6-4-5-7-13-25/h8-11H,4-7,12-17H2,1-3H3,(H,23,28). The topological polar surface area (TPSA) is 99.3 Å². The number of hydrogen-bond acceptors (Lipinski definition) is 5. The number of anilines is 1. The minimum Gasteiger partial charge on any atom is -0.444 e. The average molecular weight is 467 g/mol. The van der Waals surface area contributed by atoms with E-state index in [1.165, 1.54) is 4.31 Å². The van der Waals surface area contributed by atoms with E-state index >= 15 is 0 Å². The number of hydrogen-bond donors (Lipinski definition) is 1. The summed E-state index contributed by atoms with van der Waals surface area (Å²) in [5.74, 6) is -0.152. The first kappa shape index (κ1) is 24.5. The molecular formula is C22H34N4O5S. The molecule has 3 rings (SSSR count). The monoisotopic (exact) mass is 466 g/mol. The lowest BCUT2D eigenvalue weighted by Gasteiger charge is -2.36. The maximum atomic E-state index is 13.0. The highest BCUT2D eigenvalue weighted by atomic mass is 32.2. The van der Waals surface area contributed by atoms with Gasteiger partial charge in [-0.1, -0.05) is 12.8 Å². The molecule has 0 radical (unpaired) electrons. The van der Waals surface area contributed by atoms with Gasteiger partial charge >= 0.3 is 6.09 Å². The zero-order valence-corrected chi connectivity index (χ0v) is 20.0. The molecule has 2 aliphatic heterocycles. The van der Waals surface area contributed by atoms with Crippen LogP contribution >= 0.6 is 0 Å². The van der Waals surface area contributed by atoms with Crippen molar-refractivity contribution < 1.29 is 22.7 Å². The van der Waals surface area contributed by atoms with Crippen LogP contribution < -0.4 is 5.32 Å². The molecule has 178 valence electrons. The molecule has 32 heavy (non-hydrogen) atoms. The summed E-state index contributed by atoms with van der Waals surface area (Å²) in [7, 11) is -3.48. The van der Waals surface area contributed by atoms with Crippen molar-refractivity contribution in [1.29, 1.82) is 0 Å². The van der Waals surface area contributed by atoms with Crippen molar-refractivity contribution in [2.45, 2.75) is 52.1 Å². The summed E-state index contributed by atoms with van der Waals surface area (Å²) >= 11 is 0. The Kier molecular flexibility index (Phi) is 7.79. The molecule has 0 bridgehead atoms. The van der Waals surface area contributed by atoms with Crippen LogP contribution in [0.3, 0.4) is 0 Å². The van der Waals surface area contributed by atoms with Crippen LogP contribution in [0.4, 0.5) is 10.5 Å². The van der Waals surface area contributed by atoms with Crippen LogP contribution in [0.5, 0.6) is 0 Å². The fourth-order valence-electron chi connectivity index (χ4n) is 3.86. The predicted molar refractivity (Wildman–Crippen MR) is 123 cm³/mol. The number of amides is 2. The van der Waals surface area contributed by atoms with Crippen molar-refractivity contribution >= 4 is 27.9 Å². The number of carbonyl (C=O) groups excluding carboxylic acids is 2. The summed E-state index contributed by atoms with van der Waals surface area (Å²) in [4.78, 5) is 26.4. The summed E-state index contributed by atoms with van der Waals surface area (Å²) in [6, 6.07) is 6.60. The van der Waals surface area contributed by atoms with Crippen molar-refractivity contribution in [3.05, 3.63) is 29.8 Å². The lowest BCUT2D eigenvalue weighted by Crippen LogP contribution is -2.54. The molecule has 1 aromatic carbocycles. The lowest BCUT2D eigenvalue weighted by molar-refractivity contribution is 0.0635. The van der Waals surface area contributed by atoms with Crippen molar-refractivity contribution in [2.75, 3.05) is 44.6 Å². The van der Waals surface area contributed by atoms with Gasteiger partial charge in [0.1, 0.15) is 5.60 Å². The third-order valence-corrected chi connectivity index (χ3v) is 7.56. The van der Waals surface area contributed by atoms with Gasteiger partial charge in [0.05, 0.1) is 0 Å². The van der Waals surface area contributed by atoms with E-state index in [4.69, 9.17) is 4.74 Å². The Morgan fingerprint density at radius 1 is 0.844 bits per heavy atom. The molecule has 2 fully saturated rings. The van der Waals surface area contributed by atoms with Gasteiger partial charge in [-0.2, -0.15) is 17.0 Å². The van der Waals surface area contributed by atoms with Gasteiger partial charge in [0.25, 0.3) is 16.1 Å². The largest absolute Gasteiger partial charge is 0.444 e. The van der Waals surface area contributed by atoms with E-state index in [1.54, 1.807) is 54.2 Å². The summed E-state index contributed by atoms with van der Waals surface area (Å²) in [6.45, 7) is 7.80. The maximum absolute atomic E-state index is 13.0. The molecule has 0 saturated carbocycles. The second-order valence-electron chi connectivity index (χ2n) is 9.22. The first-order chi connectivity index (χ1) is 15.1. The molecule has 10 heteroatoms. The fourth-order valence-corrected chi connectivity index (χ4v) is 5.53. The molecular weight excluding hydrogens is 432 g/mol. The fraction of sp³-hybridized carbons (Fsp3) is 0.636. The number of piperazine rings is 1. The van der Waals surface area contributed by atoms with Crippen LogP contribution in [0.25, 0.3) is 0 Å². The van der Waals surface area contributed by atoms with Gasteiger partial charge < -0.3 is 9.64 Å². The molecule has 2 saturated heterocycles. The Balaban J connectivity index is 1.54. The normalized spacial score (nSPS) is 19.3. The summed E-state index contributed by atoms with van der Waals surface area (Å²) in [6.07, 6.45) is 3.38. The van der Waals surface area contributed by atoms with E-state index in [0.29, 0.717) is 50.5 Å². The Morgan fingerprint density at radius 2 is 1.38 bits per heavy atom. The SMILES string of the molecule is CC(C)(C)OC(=O)Nc1ccc(C(=O)N2CCN(S(=O)(=O)N3CCCCCC3)CC2)cc1. The molecule has 0 aliphatic carbocycles. The zero-order chi connectivity index (χ0) is 23.4. The first-order valence-electron chi connectivity index (χ1n) is 11.2. The molecule has 2 aliphatic rings. The van der Waals surface area contributed by atoms with Gasteiger partial charge in [0, 0.05) is 50.5 Å². The number of ether oxygens (including phenoxy) is 1. The van der Waals surface area contributed by atoms with Crippen molar-refractivity contribution in [2.24, 2.45) is 0 Å². The van der Waals surface area contributed by atoms with E-state index in [1.807, 2.05) is 0 Å². The number of nitrogens with zero attached hydrogens (tertiary/aromatic N) is 3. The highest BCUT2D eigenvalue weighted by molar-refractivity contribution is 7.86. The molecule has 0 spiro atoms. The second kappa shape index (κ2) is 10.2. The second-order valence-corrected chi connectivity index (χ2v) is 11.1. The third-order valence-electron chi connectivity index (χ3n) is 5.52. The number of carbonyl (C=O) groups is 2. The van der Waals surface area contributed by atoms with E-state index in [0.717, 1.165) is 25.7 Å². The molecule has 9 nitrogen and oxygen atoms in total. The zero-order valence-electron chi connectivity index (χ0n) is 19.2. The summed E-state index contributed by atoms with van der Waals surface area (Å²) in [5, 5.41) is 2.64.